The van der Waals surface area contributed by atoms with Crippen LogP contribution in [0.3, 0.4) is 0 Å². The third-order valence-electron chi connectivity index (χ3n) is 7.90. The summed E-state index contributed by atoms with van der Waals surface area (Å²) in [5.74, 6) is 1.95. The summed E-state index contributed by atoms with van der Waals surface area (Å²) in [6.45, 7) is 7.06. The van der Waals surface area contributed by atoms with Crippen LogP contribution in [0, 0.1) is 5.41 Å². The second-order valence-corrected chi connectivity index (χ2v) is 11.6. The molecule has 2 saturated carbocycles. The highest BCUT2D eigenvalue weighted by Crippen LogP contribution is 2.44. The van der Waals surface area contributed by atoms with Crippen LogP contribution in [0.1, 0.15) is 76.7 Å². The first-order valence-corrected chi connectivity index (χ1v) is 13.2. The minimum Gasteiger partial charge on any atom is -0.393 e. The fourth-order valence-corrected chi connectivity index (χ4v) is 6.11. The van der Waals surface area contributed by atoms with Gasteiger partial charge in [0.05, 0.1) is 6.10 Å². The molecule has 7 nitrogen and oxygen atoms in total. The van der Waals surface area contributed by atoms with Crippen LogP contribution >= 0.6 is 11.6 Å². The van der Waals surface area contributed by atoms with E-state index in [-0.39, 0.29) is 6.10 Å². The van der Waals surface area contributed by atoms with E-state index in [1.807, 2.05) is 12.3 Å². The molecule has 34 heavy (non-hydrogen) atoms. The van der Waals surface area contributed by atoms with Gasteiger partial charge in [-0.3, -0.25) is 0 Å². The van der Waals surface area contributed by atoms with Crippen molar-refractivity contribution in [2.75, 3.05) is 23.7 Å². The van der Waals surface area contributed by atoms with Crippen LogP contribution < -0.4 is 10.6 Å². The molecule has 3 N–H and O–H groups in total. The van der Waals surface area contributed by atoms with E-state index < -0.39 is 0 Å². The Labute approximate surface area is 207 Å². The van der Waals surface area contributed by atoms with E-state index in [1.54, 1.807) is 12.3 Å². The molecule has 0 atom stereocenters. The topological polar surface area (TPSA) is 86.2 Å². The van der Waals surface area contributed by atoms with Gasteiger partial charge in [0.15, 0.2) is 0 Å². The SMILES string of the molecule is CC1(C)CC(N2CCC(c3cnc(Nc4ccnc(Cl)c4)nc3NC3CCC(O)CC3)CC2)C1. The number of halogens is 1. The third-order valence-corrected chi connectivity index (χ3v) is 8.11. The molecular formula is C26H37ClN6O. The number of rotatable bonds is 6. The van der Waals surface area contributed by atoms with Gasteiger partial charge in [-0.25, -0.2) is 9.97 Å². The molecule has 184 valence electrons. The molecule has 0 radical (unpaired) electrons. The molecule has 5 rings (SSSR count). The Morgan fingerprint density at radius 1 is 1.06 bits per heavy atom. The van der Waals surface area contributed by atoms with Crippen LogP contribution in [0.2, 0.25) is 5.15 Å². The molecule has 3 aliphatic rings. The van der Waals surface area contributed by atoms with Gasteiger partial charge in [-0.15, -0.1) is 0 Å². The molecule has 0 spiro atoms. The van der Waals surface area contributed by atoms with Crippen molar-refractivity contribution in [2.24, 2.45) is 5.41 Å². The van der Waals surface area contributed by atoms with E-state index in [1.165, 1.54) is 18.4 Å². The summed E-state index contributed by atoms with van der Waals surface area (Å²) in [6, 6.07) is 4.72. The summed E-state index contributed by atoms with van der Waals surface area (Å²) in [6.07, 6.45) is 12.0. The number of pyridine rings is 1. The molecule has 0 aromatic carbocycles. The lowest BCUT2D eigenvalue weighted by Gasteiger charge is -2.50. The third kappa shape index (κ3) is 5.64. The molecule has 0 amide bonds. The van der Waals surface area contributed by atoms with Gasteiger partial charge >= 0.3 is 0 Å². The van der Waals surface area contributed by atoms with Gasteiger partial charge in [-0.05, 0) is 87.9 Å². The van der Waals surface area contributed by atoms with Crippen LogP contribution in [-0.2, 0) is 0 Å². The number of piperidine rings is 1. The average Bonchev–Trinajstić information content (AvgIpc) is 2.79. The highest BCUT2D eigenvalue weighted by atomic mass is 35.5. The van der Waals surface area contributed by atoms with Crippen molar-refractivity contribution in [3.63, 3.8) is 0 Å². The maximum atomic E-state index is 9.93. The maximum Gasteiger partial charge on any atom is 0.229 e. The van der Waals surface area contributed by atoms with E-state index in [2.05, 4.69) is 39.3 Å². The lowest BCUT2D eigenvalue weighted by atomic mass is 9.67. The largest absolute Gasteiger partial charge is 0.393 e. The number of nitrogens with zero attached hydrogens (tertiary/aromatic N) is 4. The normalized spacial score (nSPS) is 26.1. The Hall–Kier alpha value is -1.96. The molecule has 3 heterocycles. The first-order valence-electron chi connectivity index (χ1n) is 12.8. The zero-order valence-corrected chi connectivity index (χ0v) is 21.1. The minimum absolute atomic E-state index is 0.169. The fourth-order valence-electron chi connectivity index (χ4n) is 5.94. The van der Waals surface area contributed by atoms with E-state index in [0.29, 0.717) is 28.5 Å². The van der Waals surface area contributed by atoms with Gasteiger partial charge in [-0.2, -0.15) is 4.98 Å². The number of hydrogen-bond acceptors (Lipinski definition) is 7. The van der Waals surface area contributed by atoms with Crippen molar-refractivity contribution in [3.8, 4) is 0 Å². The van der Waals surface area contributed by atoms with Gasteiger partial charge in [-0.1, -0.05) is 25.4 Å². The van der Waals surface area contributed by atoms with Gasteiger partial charge in [0.1, 0.15) is 11.0 Å². The van der Waals surface area contributed by atoms with Crippen molar-refractivity contribution in [2.45, 2.75) is 89.3 Å². The molecular weight excluding hydrogens is 448 g/mol. The monoisotopic (exact) mass is 484 g/mol. The smallest absolute Gasteiger partial charge is 0.229 e. The number of aliphatic hydroxyl groups excluding tert-OH is 1. The van der Waals surface area contributed by atoms with Crippen LogP contribution in [0.25, 0.3) is 0 Å². The second kappa shape index (κ2) is 9.96. The quantitative estimate of drug-likeness (QED) is 0.476. The van der Waals surface area contributed by atoms with E-state index >= 15 is 0 Å². The first kappa shape index (κ1) is 23.8. The molecule has 1 saturated heterocycles. The van der Waals surface area contributed by atoms with Crippen molar-refractivity contribution >= 4 is 29.1 Å². The Balaban J connectivity index is 1.31. The Kier molecular flexibility index (Phi) is 6.96. The van der Waals surface area contributed by atoms with Gasteiger partial charge in [0.2, 0.25) is 5.95 Å². The molecule has 3 fully saturated rings. The minimum atomic E-state index is -0.169. The number of likely N-dealkylation sites (tertiary alicyclic amines) is 1. The molecule has 0 bridgehead atoms. The zero-order chi connectivity index (χ0) is 23.7. The van der Waals surface area contributed by atoms with E-state index in [4.69, 9.17) is 16.6 Å². The molecule has 2 aromatic heterocycles. The van der Waals surface area contributed by atoms with Gasteiger partial charge in [0.25, 0.3) is 0 Å². The number of aliphatic hydroxyl groups is 1. The number of hydrogen-bond donors (Lipinski definition) is 3. The number of nitrogens with one attached hydrogen (secondary N) is 2. The van der Waals surface area contributed by atoms with E-state index in [0.717, 1.165) is 69.2 Å². The summed E-state index contributed by atoms with van der Waals surface area (Å²) in [5, 5.41) is 17.3. The summed E-state index contributed by atoms with van der Waals surface area (Å²) in [7, 11) is 0. The van der Waals surface area contributed by atoms with Gasteiger partial charge in [0, 0.05) is 35.7 Å². The zero-order valence-electron chi connectivity index (χ0n) is 20.3. The standard InChI is InChI=1S/C26H37ClN6O/c1-26(2)14-20(15-26)33-11-8-17(9-12-33)22-16-29-25(31-19-7-10-28-23(27)13-19)32-24(22)30-18-3-5-21(34)6-4-18/h7,10,13,16-18,20-21,34H,3-6,8-9,11-12,14-15H2,1-2H3,(H2,28,29,30,31,32). The molecule has 2 aromatic rings. The van der Waals surface area contributed by atoms with Crippen molar-refractivity contribution in [1.29, 1.82) is 0 Å². The fraction of sp³-hybridized carbons (Fsp3) is 0.654. The van der Waals surface area contributed by atoms with Crippen LogP contribution in [0.15, 0.2) is 24.5 Å². The summed E-state index contributed by atoms with van der Waals surface area (Å²) < 4.78 is 0. The Morgan fingerprint density at radius 3 is 2.47 bits per heavy atom. The lowest BCUT2D eigenvalue weighted by Crippen LogP contribution is -2.51. The first-order chi connectivity index (χ1) is 16.3. The van der Waals surface area contributed by atoms with Crippen molar-refractivity contribution in [1.82, 2.24) is 19.9 Å². The molecule has 0 unspecified atom stereocenters. The predicted molar refractivity (Wildman–Crippen MR) is 137 cm³/mol. The van der Waals surface area contributed by atoms with Gasteiger partial charge < -0.3 is 20.6 Å². The summed E-state index contributed by atoms with van der Waals surface area (Å²) >= 11 is 6.05. The second-order valence-electron chi connectivity index (χ2n) is 11.2. The Bertz CT molecular complexity index is 977. The molecule has 8 heteroatoms. The van der Waals surface area contributed by atoms with Crippen molar-refractivity contribution in [3.05, 3.63) is 35.2 Å². The number of anilines is 3. The van der Waals surface area contributed by atoms with Crippen molar-refractivity contribution < 1.29 is 5.11 Å². The molecule has 2 aliphatic carbocycles. The van der Waals surface area contributed by atoms with Crippen LogP contribution in [-0.4, -0.2) is 56.2 Å². The predicted octanol–water partition coefficient (Wildman–Crippen LogP) is 5.35. The van der Waals surface area contributed by atoms with Crippen LogP contribution in [0.4, 0.5) is 17.5 Å². The average molecular weight is 485 g/mol. The highest BCUT2D eigenvalue weighted by Gasteiger charge is 2.40. The summed E-state index contributed by atoms with van der Waals surface area (Å²) in [4.78, 5) is 16.3. The Morgan fingerprint density at radius 2 is 1.79 bits per heavy atom. The lowest BCUT2D eigenvalue weighted by molar-refractivity contribution is 0.0120. The van der Waals surface area contributed by atoms with E-state index in [9.17, 15) is 5.11 Å². The maximum absolute atomic E-state index is 9.93. The summed E-state index contributed by atoms with van der Waals surface area (Å²) in [5.41, 5.74) is 2.55. The molecule has 1 aliphatic heterocycles. The highest BCUT2D eigenvalue weighted by molar-refractivity contribution is 6.29. The van der Waals surface area contributed by atoms with Crippen LogP contribution in [0.5, 0.6) is 0 Å². The number of aromatic nitrogens is 3.